The summed E-state index contributed by atoms with van der Waals surface area (Å²) in [4.78, 5) is 0. The Hall–Kier alpha value is -2.57. The van der Waals surface area contributed by atoms with Gasteiger partial charge in [-0.2, -0.15) is 0 Å². The fourth-order valence-electron chi connectivity index (χ4n) is 5.98. The van der Waals surface area contributed by atoms with Gasteiger partial charge in [-0.1, -0.05) is 56.2 Å². The molecule has 1 aromatic heterocycles. The van der Waals surface area contributed by atoms with Gasteiger partial charge in [0.15, 0.2) is 0 Å². The lowest BCUT2D eigenvalue weighted by Crippen LogP contribution is -2.41. The van der Waals surface area contributed by atoms with Crippen molar-refractivity contribution in [3.8, 4) is 5.69 Å². The summed E-state index contributed by atoms with van der Waals surface area (Å²) in [5, 5.41) is 2.31. The molecule has 0 bridgehead atoms. The van der Waals surface area contributed by atoms with Crippen molar-refractivity contribution in [3.05, 3.63) is 66.2 Å². The predicted octanol–water partition coefficient (Wildman–Crippen LogP) is 7.11. The average Bonchev–Trinajstić information content (AvgIpc) is 3.45. The van der Waals surface area contributed by atoms with Gasteiger partial charge in [0.2, 0.25) is 0 Å². The lowest BCUT2D eigenvalue weighted by Gasteiger charge is -2.32. The second kappa shape index (κ2) is 10.3. The van der Waals surface area contributed by atoms with E-state index in [1.807, 2.05) is 0 Å². The van der Waals surface area contributed by atoms with Crippen LogP contribution in [-0.2, 0) is 25.0 Å². The van der Waals surface area contributed by atoms with Crippen molar-refractivity contribution in [2.24, 2.45) is 0 Å². The van der Waals surface area contributed by atoms with Gasteiger partial charge in [-0.3, -0.25) is 0 Å². The monoisotopic (exact) mass is 565 g/mol. The van der Waals surface area contributed by atoms with Crippen molar-refractivity contribution in [1.29, 1.82) is 0 Å². The molecule has 4 aromatic rings. The summed E-state index contributed by atoms with van der Waals surface area (Å²) >= 11 is 0. The molecule has 6 rings (SSSR count). The number of hydrogen-bond acceptors (Lipinski definition) is 4. The Labute approximate surface area is 252 Å². The van der Waals surface area contributed by atoms with Crippen LogP contribution in [0.2, 0.25) is 0 Å². The summed E-state index contributed by atoms with van der Waals surface area (Å²) in [6.45, 7) is 19.0. The van der Waals surface area contributed by atoms with Gasteiger partial charge >= 0.3 is 14.2 Å². The van der Waals surface area contributed by atoms with E-state index in [9.17, 15) is 0 Å². The maximum Gasteiger partial charge on any atom is 0.494 e. The molecule has 0 radical (unpaired) electrons. The molecule has 2 saturated heterocycles. The molecule has 2 fully saturated rings. The maximum atomic E-state index is 6.44. The van der Waals surface area contributed by atoms with E-state index in [0.717, 1.165) is 44.8 Å². The van der Waals surface area contributed by atoms with Gasteiger partial charge in [0.05, 0.1) is 33.4 Å². The molecule has 0 N–H and O–H groups in total. The zero-order valence-corrected chi connectivity index (χ0v) is 26.8. The summed E-state index contributed by atoms with van der Waals surface area (Å²) in [5.74, 6) is 0. The molecular weight excluding hydrogens is 520 g/mol. The van der Waals surface area contributed by atoms with Crippen LogP contribution in [0.4, 0.5) is 0 Å². The van der Waals surface area contributed by atoms with E-state index >= 15 is 0 Å². The zero-order valence-electron chi connectivity index (χ0n) is 26.8. The van der Waals surface area contributed by atoms with Crippen LogP contribution in [0.3, 0.4) is 0 Å². The topological polar surface area (TPSA) is 41.9 Å². The molecule has 0 atom stereocenters. The minimum atomic E-state index is -0.425. The Kier molecular flexibility index (Phi) is 7.21. The van der Waals surface area contributed by atoms with Gasteiger partial charge in [-0.25, -0.2) is 0 Å². The van der Waals surface area contributed by atoms with Crippen LogP contribution in [0.15, 0.2) is 60.7 Å². The number of benzene rings is 3. The summed E-state index contributed by atoms with van der Waals surface area (Å²) in [7, 11) is -0.849. The number of rotatable bonds is 7. The quantitative estimate of drug-likeness (QED) is 0.177. The number of aryl methyl sites for hydroxylation is 1. The summed E-state index contributed by atoms with van der Waals surface area (Å²) in [6, 6.07) is 22.3. The van der Waals surface area contributed by atoms with Crippen LogP contribution < -0.4 is 10.9 Å². The van der Waals surface area contributed by atoms with Gasteiger partial charge < -0.3 is 23.2 Å². The van der Waals surface area contributed by atoms with Gasteiger partial charge in [-0.15, -0.1) is 0 Å². The second-order valence-electron chi connectivity index (χ2n) is 14.2. The Morgan fingerprint density at radius 2 is 1.00 bits per heavy atom. The van der Waals surface area contributed by atoms with Crippen molar-refractivity contribution >= 4 is 47.0 Å². The number of hydrogen-bond donors (Lipinski definition) is 0. The first-order chi connectivity index (χ1) is 19.7. The van der Waals surface area contributed by atoms with Crippen LogP contribution in [0.25, 0.3) is 27.5 Å². The lowest BCUT2D eigenvalue weighted by atomic mass is 9.77. The van der Waals surface area contributed by atoms with E-state index in [2.05, 4.69) is 128 Å². The summed E-state index contributed by atoms with van der Waals surface area (Å²) < 4.78 is 28.1. The van der Waals surface area contributed by atoms with Crippen LogP contribution in [0.5, 0.6) is 0 Å². The van der Waals surface area contributed by atoms with Crippen LogP contribution in [0, 0.1) is 0 Å². The molecule has 0 unspecified atom stereocenters. The highest BCUT2D eigenvalue weighted by Crippen LogP contribution is 2.39. The van der Waals surface area contributed by atoms with Crippen molar-refractivity contribution < 1.29 is 18.6 Å². The van der Waals surface area contributed by atoms with Crippen molar-refractivity contribution in [2.75, 3.05) is 0 Å². The highest BCUT2D eigenvalue weighted by atomic mass is 16.7. The average molecular weight is 565 g/mol. The Morgan fingerprint density at radius 3 is 1.40 bits per heavy atom. The van der Waals surface area contributed by atoms with Crippen molar-refractivity contribution in [2.45, 2.75) is 110 Å². The Balaban J connectivity index is 1.47. The molecule has 5 nitrogen and oxygen atoms in total. The minimum absolute atomic E-state index is 0.399. The van der Waals surface area contributed by atoms with Crippen molar-refractivity contribution in [1.82, 2.24) is 4.57 Å². The molecule has 220 valence electrons. The SMILES string of the molecule is CCCCCc1ccc(-n2c3ccc(B4OC(C)(C)C(C)(C)O4)cc3c3cc(B4OC(C)(C)C(C)(C)O4)ccc32)cc1. The maximum absolute atomic E-state index is 6.44. The van der Waals surface area contributed by atoms with E-state index in [4.69, 9.17) is 18.6 Å². The molecule has 2 aliphatic heterocycles. The standard InChI is InChI=1S/C35H45B2NO4/c1-10-11-12-13-24-14-18-27(19-15-24)38-30-20-16-25(36-39-32(2,3)33(4,5)40-36)22-28(30)29-23-26(17-21-31(29)38)37-41-34(6,7)35(8,9)42-37/h14-23H,10-13H2,1-9H3. The van der Waals surface area contributed by atoms with E-state index in [1.165, 1.54) is 24.8 Å². The third kappa shape index (κ3) is 4.93. The van der Waals surface area contributed by atoms with E-state index in [0.29, 0.717) is 0 Å². The fourth-order valence-corrected chi connectivity index (χ4v) is 5.98. The third-order valence-electron chi connectivity index (χ3n) is 10.1. The fraction of sp³-hybridized carbons (Fsp3) is 0.486. The smallest absolute Gasteiger partial charge is 0.399 e. The highest BCUT2D eigenvalue weighted by Gasteiger charge is 2.53. The van der Waals surface area contributed by atoms with Gasteiger partial charge in [0.1, 0.15) is 0 Å². The van der Waals surface area contributed by atoms with Crippen molar-refractivity contribution in [3.63, 3.8) is 0 Å². The molecule has 0 spiro atoms. The minimum Gasteiger partial charge on any atom is -0.399 e. The molecule has 0 aliphatic carbocycles. The predicted molar refractivity (Wildman–Crippen MR) is 175 cm³/mol. The van der Waals surface area contributed by atoms with E-state index in [-0.39, 0.29) is 0 Å². The summed E-state index contributed by atoms with van der Waals surface area (Å²) in [5.41, 5.74) is 5.28. The number of unbranched alkanes of at least 4 members (excludes halogenated alkanes) is 2. The Bertz CT molecular complexity index is 1490. The van der Waals surface area contributed by atoms with Gasteiger partial charge in [-0.05, 0) is 109 Å². The Morgan fingerprint density at radius 1 is 0.571 bits per heavy atom. The third-order valence-corrected chi connectivity index (χ3v) is 10.1. The first-order valence-electron chi connectivity index (χ1n) is 15.6. The molecule has 2 aliphatic rings. The summed E-state index contributed by atoms with van der Waals surface area (Å²) in [6.07, 6.45) is 4.86. The molecule has 42 heavy (non-hydrogen) atoms. The molecule has 3 aromatic carbocycles. The highest BCUT2D eigenvalue weighted by molar-refractivity contribution is 6.63. The molecular formula is C35H45B2NO4. The zero-order chi connectivity index (χ0) is 30.1. The molecule has 0 saturated carbocycles. The van der Waals surface area contributed by atoms with Gasteiger partial charge in [0.25, 0.3) is 0 Å². The van der Waals surface area contributed by atoms with Crippen LogP contribution in [-0.4, -0.2) is 41.2 Å². The van der Waals surface area contributed by atoms with E-state index in [1.54, 1.807) is 0 Å². The lowest BCUT2D eigenvalue weighted by molar-refractivity contribution is 0.00578. The number of nitrogens with zero attached hydrogens (tertiary/aromatic N) is 1. The number of fused-ring (bicyclic) bond motifs is 3. The van der Waals surface area contributed by atoms with Crippen LogP contribution in [0.1, 0.15) is 87.1 Å². The van der Waals surface area contributed by atoms with E-state index < -0.39 is 36.6 Å². The number of aromatic nitrogens is 1. The van der Waals surface area contributed by atoms with Crippen LogP contribution >= 0.6 is 0 Å². The normalized spacial score (nSPS) is 20.7. The molecule has 3 heterocycles. The first-order valence-corrected chi connectivity index (χ1v) is 15.6. The molecule has 0 amide bonds. The molecule has 7 heteroatoms. The second-order valence-corrected chi connectivity index (χ2v) is 14.2. The van der Waals surface area contributed by atoms with Gasteiger partial charge in [0, 0.05) is 16.5 Å². The largest absolute Gasteiger partial charge is 0.494 e. The first kappa shape index (κ1) is 29.5.